The van der Waals surface area contributed by atoms with Crippen molar-refractivity contribution in [1.82, 2.24) is 10.5 Å². The van der Waals surface area contributed by atoms with Gasteiger partial charge in [0.1, 0.15) is 6.61 Å². The zero-order valence-corrected chi connectivity index (χ0v) is 11.9. The molecule has 2 rings (SSSR count). The molecule has 0 aliphatic carbocycles. The van der Waals surface area contributed by atoms with Crippen LogP contribution in [0.5, 0.6) is 11.5 Å². The zero-order chi connectivity index (χ0) is 14.2. The molecular formula is C15H20N2O3. The minimum Gasteiger partial charge on any atom is -0.490 e. The first-order valence-corrected chi connectivity index (χ1v) is 6.82. The summed E-state index contributed by atoms with van der Waals surface area (Å²) < 4.78 is 16.3. The van der Waals surface area contributed by atoms with Gasteiger partial charge in [0.2, 0.25) is 0 Å². The smallest absolute Gasteiger partial charge is 0.174 e. The predicted molar refractivity (Wildman–Crippen MR) is 75.8 cm³/mol. The summed E-state index contributed by atoms with van der Waals surface area (Å²) in [4.78, 5) is 0. The summed E-state index contributed by atoms with van der Waals surface area (Å²) in [6.45, 7) is 6.73. The van der Waals surface area contributed by atoms with Crippen LogP contribution in [0, 0.1) is 0 Å². The second-order valence-electron chi connectivity index (χ2n) is 4.26. The van der Waals surface area contributed by atoms with Gasteiger partial charge in [0, 0.05) is 12.6 Å². The maximum Gasteiger partial charge on any atom is 0.174 e. The van der Waals surface area contributed by atoms with Crippen LogP contribution in [0.3, 0.4) is 0 Å². The second kappa shape index (κ2) is 7.55. The third kappa shape index (κ3) is 3.99. The van der Waals surface area contributed by atoms with E-state index in [2.05, 4.69) is 17.4 Å². The van der Waals surface area contributed by atoms with Crippen LogP contribution in [0.25, 0.3) is 0 Å². The lowest BCUT2D eigenvalue weighted by Crippen LogP contribution is -2.11. The van der Waals surface area contributed by atoms with Crippen LogP contribution in [0.15, 0.2) is 35.0 Å². The Labute approximate surface area is 118 Å². The van der Waals surface area contributed by atoms with Crippen LogP contribution in [0.1, 0.15) is 25.2 Å². The highest BCUT2D eigenvalue weighted by Crippen LogP contribution is 2.29. The van der Waals surface area contributed by atoms with Gasteiger partial charge in [-0.3, -0.25) is 0 Å². The topological polar surface area (TPSA) is 56.5 Å². The molecule has 0 bridgehead atoms. The highest BCUT2D eigenvalue weighted by atomic mass is 16.5. The van der Waals surface area contributed by atoms with Gasteiger partial charge in [-0.05, 0) is 31.2 Å². The summed E-state index contributed by atoms with van der Waals surface area (Å²) >= 11 is 0. The molecular weight excluding hydrogens is 256 g/mol. The van der Waals surface area contributed by atoms with Crippen LogP contribution >= 0.6 is 0 Å². The summed E-state index contributed by atoms with van der Waals surface area (Å²) in [5.41, 5.74) is 1.17. The molecule has 1 aromatic heterocycles. The van der Waals surface area contributed by atoms with Crippen molar-refractivity contribution in [1.29, 1.82) is 0 Å². The van der Waals surface area contributed by atoms with Crippen molar-refractivity contribution in [3.63, 3.8) is 0 Å². The van der Waals surface area contributed by atoms with Crippen molar-refractivity contribution in [3.05, 3.63) is 41.8 Å². The normalized spacial score (nSPS) is 10.5. The van der Waals surface area contributed by atoms with Gasteiger partial charge in [-0.1, -0.05) is 18.1 Å². The van der Waals surface area contributed by atoms with E-state index < -0.39 is 0 Å². The first-order valence-electron chi connectivity index (χ1n) is 6.82. The number of hydrogen-bond acceptors (Lipinski definition) is 5. The van der Waals surface area contributed by atoms with Crippen molar-refractivity contribution in [2.45, 2.75) is 27.0 Å². The minimum atomic E-state index is 0.340. The molecule has 0 unspecified atom stereocenters. The third-order valence-corrected chi connectivity index (χ3v) is 2.75. The number of benzene rings is 1. The van der Waals surface area contributed by atoms with E-state index in [4.69, 9.17) is 14.0 Å². The van der Waals surface area contributed by atoms with Crippen molar-refractivity contribution in [2.24, 2.45) is 0 Å². The summed E-state index contributed by atoms with van der Waals surface area (Å²) in [6, 6.07) is 7.73. The minimum absolute atomic E-state index is 0.340. The molecule has 20 heavy (non-hydrogen) atoms. The monoisotopic (exact) mass is 276 g/mol. The standard InChI is InChI=1S/C15H20N2O3/c1-3-16-10-12-5-6-14(15(9-12)18-4-2)19-11-13-7-8-17-20-13/h5-9,16H,3-4,10-11H2,1-2H3. The molecule has 0 amide bonds. The van der Waals surface area contributed by atoms with Crippen molar-refractivity contribution in [3.8, 4) is 11.5 Å². The van der Waals surface area contributed by atoms with Gasteiger partial charge in [-0.15, -0.1) is 0 Å². The second-order valence-corrected chi connectivity index (χ2v) is 4.26. The number of rotatable bonds is 8. The van der Waals surface area contributed by atoms with E-state index in [0.717, 1.165) is 18.8 Å². The molecule has 1 aromatic carbocycles. The van der Waals surface area contributed by atoms with E-state index >= 15 is 0 Å². The van der Waals surface area contributed by atoms with E-state index in [1.807, 2.05) is 25.1 Å². The fourth-order valence-electron chi connectivity index (χ4n) is 1.78. The molecule has 0 aliphatic rings. The van der Waals surface area contributed by atoms with E-state index in [0.29, 0.717) is 24.7 Å². The highest BCUT2D eigenvalue weighted by molar-refractivity contribution is 5.43. The molecule has 0 saturated heterocycles. The number of aromatic nitrogens is 1. The van der Waals surface area contributed by atoms with Crippen LogP contribution in [0.4, 0.5) is 0 Å². The molecule has 0 saturated carbocycles. The van der Waals surface area contributed by atoms with Gasteiger partial charge in [0.15, 0.2) is 17.3 Å². The van der Waals surface area contributed by atoms with Gasteiger partial charge < -0.3 is 19.3 Å². The lowest BCUT2D eigenvalue weighted by molar-refractivity contribution is 0.233. The molecule has 1 N–H and O–H groups in total. The summed E-state index contributed by atoms with van der Waals surface area (Å²) in [7, 11) is 0. The first-order chi connectivity index (χ1) is 9.83. The van der Waals surface area contributed by atoms with E-state index in [1.54, 1.807) is 12.3 Å². The highest BCUT2D eigenvalue weighted by Gasteiger charge is 2.08. The Bertz CT molecular complexity index is 512. The Morgan fingerprint density at radius 2 is 2.05 bits per heavy atom. The summed E-state index contributed by atoms with van der Waals surface area (Å²) in [5, 5.41) is 6.93. The van der Waals surface area contributed by atoms with E-state index in [9.17, 15) is 0 Å². The van der Waals surface area contributed by atoms with Crippen molar-refractivity contribution < 1.29 is 14.0 Å². The fraction of sp³-hybridized carbons (Fsp3) is 0.400. The molecule has 0 radical (unpaired) electrons. The molecule has 5 nitrogen and oxygen atoms in total. The summed E-state index contributed by atoms with van der Waals surface area (Å²) in [5.74, 6) is 2.15. The SMILES string of the molecule is CCNCc1ccc(OCc2ccno2)c(OCC)c1. The van der Waals surface area contributed by atoms with Crippen molar-refractivity contribution >= 4 is 0 Å². The predicted octanol–water partition coefficient (Wildman–Crippen LogP) is 2.76. The maximum atomic E-state index is 5.71. The van der Waals surface area contributed by atoms with Gasteiger partial charge in [-0.2, -0.15) is 0 Å². The Hall–Kier alpha value is -2.01. The molecule has 2 aromatic rings. The zero-order valence-electron chi connectivity index (χ0n) is 11.9. The van der Waals surface area contributed by atoms with Crippen molar-refractivity contribution in [2.75, 3.05) is 13.2 Å². The largest absolute Gasteiger partial charge is 0.490 e. The Morgan fingerprint density at radius 3 is 2.75 bits per heavy atom. The maximum absolute atomic E-state index is 5.71. The van der Waals surface area contributed by atoms with Gasteiger partial charge in [-0.25, -0.2) is 0 Å². The van der Waals surface area contributed by atoms with Crippen LogP contribution in [0.2, 0.25) is 0 Å². The number of ether oxygens (including phenoxy) is 2. The third-order valence-electron chi connectivity index (χ3n) is 2.75. The average Bonchev–Trinajstić information content (AvgIpc) is 2.98. The number of hydrogen-bond donors (Lipinski definition) is 1. The average molecular weight is 276 g/mol. The molecule has 0 aliphatic heterocycles. The molecule has 0 spiro atoms. The molecule has 108 valence electrons. The van der Waals surface area contributed by atoms with Gasteiger partial charge >= 0.3 is 0 Å². The molecule has 0 fully saturated rings. The number of nitrogens with zero attached hydrogens (tertiary/aromatic N) is 1. The molecule has 0 atom stereocenters. The Morgan fingerprint density at radius 1 is 1.15 bits per heavy atom. The van der Waals surface area contributed by atoms with E-state index in [-0.39, 0.29) is 0 Å². The molecule has 1 heterocycles. The first kappa shape index (κ1) is 14.4. The van der Waals surface area contributed by atoms with Gasteiger partial charge in [0.25, 0.3) is 0 Å². The Balaban J connectivity index is 2.06. The fourth-order valence-corrected chi connectivity index (χ4v) is 1.78. The number of nitrogens with one attached hydrogen (secondary N) is 1. The van der Waals surface area contributed by atoms with Gasteiger partial charge in [0.05, 0.1) is 12.8 Å². The van der Waals surface area contributed by atoms with Crippen LogP contribution in [-0.2, 0) is 13.2 Å². The summed E-state index contributed by atoms with van der Waals surface area (Å²) in [6.07, 6.45) is 1.60. The lowest BCUT2D eigenvalue weighted by atomic mass is 10.2. The van der Waals surface area contributed by atoms with Crippen LogP contribution in [-0.4, -0.2) is 18.3 Å². The Kier molecular flexibility index (Phi) is 5.43. The van der Waals surface area contributed by atoms with Crippen LogP contribution < -0.4 is 14.8 Å². The quantitative estimate of drug-likeness (QED) is 0.803. The van der Waals surface area contributed by atoms with E-state index in [1.165, 1.54) is 5.56 Å². The molecule has 5 heteroatoms. The lowest BCUT2D eigenvalue weighted by Gasteiger charge is -2.12.